The van der Waals surface area contributed by atoms with Crippen LogP contribution in [-0.2, 0) is 16.0 Å². The molecule has 1 heterocycles. The lowest BCUT2D eigenvalue weighted by Gasteiger charge is -2.38. The SMILES string of the molecule is Cc1cc(Cl)ccc1CC(=O)CC(CCC(=O)O)c1noc(C2CC(CC(C)(C)C)C2)c1C1CC1. The smallest absolute Gasteiger partial charge is 0.303 e. The van der Waals surface area contributed by atoms with Gasteiger partial charge in [-0.15, -0.1) is 0 Å². The van der Waals surface area contributed by atoms with Crippen LogP contribution in [0.4, 0.5) is 0 Å². The highest BCUT2D eigenvalue weighted by atomic mass is 35.5. The minimum atomic E-state index is -0.850. The van der Waals surface area contributed by atoms with E-state index in [2.05, 4.69) is 25.9 Å². The lowest BCUT2D eigenvalue weighted by atomic mass is 9.66. The zero-order valence-electron chi connectivity index (χ0n) is 21.4. The molecular weight excluding hydrogens is 462 g/mol. The average Bonchev–Trinajstić information content (AvgIpc) is 3.47. The van der Waals surface area contributed by atoms with E-state index in [0.717, 1.165) is 48.3 Å². The molecule has 1 atom stereocenters. The molecule has 4 rings (SSSR count). The Hall–Kier alpha value is -2.14. The van der Waals surface area contributed by atoms with Gasteiger partial charge in [0.25, 0.3) is 0 Å². The molecule has 1 unspecified atom stereocenters. The standard InChI is InChI=1S/C29H38ClNO4/c1-17-11-23(30)9-7-20(17)14-24(32)15-21(8-10-25(33)34)27-26(19-5-6-19)28(35-31-27)22-12-18(13-22)16-29(2,3)4/h7,9,11,18-19,21-22H,5-6,8,10,12-16H2,1-4H3,(H,33,34). The van der Waals surface area contributed by atoms with E-state index in [1.165, 1.54) is 12.0 Å². The number of carbonyl (C=O) groups excluding carboxylic acids is 1. The van der Waals surface area contributed by atoms with Crippen molar-refractivity contribution in [2.45, 2.75) is 103 Å². The molecule has 0 amide bonds. The quantitative estimate of drug-likeness (QED) is 0.344. The number of hydrogen-bond donors (Lipinski definition) is 1. The number of benzene rings is 1. The van der Waals surface area contributed by atoms with Gasteiger partial charge in [0.15, 0.2) is 0 Å². The van der Waals surface area contributed by atoms with Gasteiger partial charge in [0.2, 0.25) is 0 Å². The van der Waals surface area contributed by atoms with Crippen molar-refractivity contribution >= 4 is 23.4 Å². The Morgan fingerprint density at radius 3 is 2.51 bits per heavy atom. The summed E-state index contributed by atoms with van der Waals surface area (Å²) in [6.07, 6.45) is 6.69. The van der Waals surface area contributed by atoms with Crippen molar-refractivity contribution in [2.24, 2.45) is 11.3 Å². The molecule has 1 N–H and O–H groups in total. The van der Waals surface area contributed by atoms with Gasteiger partial charge in [-0.3, -0.25) is 9.59 Å². The van der Waals surface area contributed by atoms with E-state index in [1.807, 2.05) is 19.1 Å². The zero-order valence-corrected chi connectivity index (χ0v) is 22.2. The van der Waals surface area contributed by atoms with Gasteiger partial charge < -0.3 is 9.63 Å². The molecule has 190 valence electrons. The van der Waals surface area contributed by atoms with Crippen LogP contribution in [0.5, 0.6) is 0 Å². The Morgan fingerprint density at radius 2 is 1.91 bits per heavy atom. The van der Waals surface area contributed by atoms with Crippen LogP contribution in [0.1, 0.15) is 118 Å². The van der Waals surface area contributed by atoms with E-state index in [4.69, 9.17) is 16.1 Å². The highest BCUT2D eigenvalue weighted by Crippen LogP contribution is 2.53. The van der Waals surface area contributed by atoms with Crippen LogP contribution in [0, 0.1) is 18.3 Å². The largest absolute Gasteiger partial charge is 0.481 e. The molecule has 2 fully saturated rings. The number of aryl methyl sites for hydroxylation is 1. The van der Waals surface area contributed by atoms with E-state index in [0.29, 0.717) is 41.0 Å². The minimum Gasteiger partial charge on any atom is -0.481 e. The minimum absolute atomic E-state index is 0.0152. The van der Waals surface area contributed by atoms with Crippen molar-refractivity contribution in [1.82, 2.24) is 5.16 Å². The average molecular weight is 500 g/mol. The Balaban J connectivity index is 1.51. The van der Waals surface area contributed by atoms with Gasteiger partial charge in [-0.2, -0.15) is 0 Å². The fourth-order valence-electron chi connectivity index (χ4n) is 5.73. The summed E-state index contributed by atoms with van der Waals surface area (Å²) in [6.45, 7) is 8.82. The summed E-state index contributed by atoms with van der Waals surface area (Å²) in [5.74, 6) is 1.56. The molecule has 5 nitrogen and oxygen atoms in total. The summed E-state index contributed by atoms with van der Waals surface area (Å²) in [4.78, 5) is 24.5. The predicted molar refractivity (Wildman–Crippen MR) is 137 cm³/mol. The normalized spacial score (nSPS) is 20.9. The maximum atomic E-state index is 13.1. The number of halogens is 1. The van der Waals surface area contributed by atoms with E-state index in [-0.39, 0.29) is 24.5 Å². The van der Waals surface area contributed by atoms with Crippen LogP contribution in [0.15, 0.2) is 22.7 Å². The van der Waals surface area contributed by atoms with Gasteiger partial charge in [0, 0.05) is 41.7 Å². The van der Waals surface area contributed by atoms with Crippen LogP contribution in [0.25, 0.3) is 0 Å². The van der Waals surface area contributed by atoms with Crippen LogP contribution in [-0.4, -0.2) is 22.0 Å². The predicted octanol–water partition coefficient (Wildman–Crippen LogP) is 7.59. The lowest BCUT2D eigenvalue weighted by molar-refractivity contribution is -0.137. The van der Waals surface area contributed by atoms with Gasteiger partial charge in [-0.1, -0.05) is 43.6 Å². The van der Waals surface area contributed by atoms with Crippen molar-refractivity contribution in [2.75, 3.05) is 0 Å². The molecule has 0 bridgehead atoms. The van der Waals surface area contributed by atoms with Crippen LogP contribution in [0.3, 0.4) is 0 Å². The molecule has 1 aromatic heterocycles. The molecule has 2 aliphatic rings. The number of Topliss-reactive ketones (excluding diaryl/α,β-unsaturated/α-hetero) is 1. The van der Waals surface area contributed by atoms with Gasteiger partial charge >= 0.3 is 5.97 Å². The Morgan fingerprint density at radius 1 is 1.20 bits per heavy atom. The van der Waals surface area contributed by atoms with Crippen LogP contribution in [0.2, 0.25) is 5.02 Å². The zero-order chi connectivity index (χ0) is 25.3. The Labute approximate surface area is 213 Å². The summed E-state index contributed by atoms with van der Waals surface area (Å²) < 4.78 is 5.98. The summed E-state index contributed by atoms with van der Waals surface area (Å²) in [6, 6.07) is 5.57. The first-order valence-electron chi connectivity index (χ1n) is 13.0. The topological polar surface area (TPSA) is 80.4 Å². The van der Waals surface area contributed by atoms with Crippen molar-refractivity contribution < 1.29 is 19.2 Å². The van der Waals surface area contributed by atoms with E-state index in [9.17, 15) is 14.7 Å². The molecule has 1 aromatic carbocycles. The van der Waals surface area contributed by atoms with Crippen molar-refractivity contribution in [3.63, 3.8) is 0 Å². The number of carboxylic acid groups (broad SMARTS) is 1. The maximum absolute atomic E-state index is 13.1. The number of aliphatic carboxylic acids is 1. The maximum Gasteiger partial charge on any atom is 0.303 e. The summed E-state index contributed by atoms with van der Waals surface area (Å²) in [5.41, 5.74) is 4.30. The number of hydrogen-bond acceptors (Lipinski definition) is 4. The molecule has 0 saturated heterocycles. The Kier molecular flexibility index (Phi) is 7.75. The first-order chi connectivity index (χ1) is 16.5. The number of carboxylic acids is 1. The van der Waals surface area contributed by atoms with Crippen LogP contribution >= 0.6 is 11.6 Å². The molecule has 2 aliphatic carbocycles. The second-order valence-electron chi connectivity index (χ2n) is 12.0. The Bertz CT molecular complexity index is 1070. The third kappa shape index (κ3) is 6.75. The molecular formula is C29H38ClNO4. The van der Waals surface area contributed by atoms with Crippen molar-refractivity contribution in [3.05, 3.63) is 51.4 Å². The number of nitrogens with zero attached hydrogens (tertiary/aromatic N) is 1. The van der Waals surface area contributed by atoms with Gasteiger partial charge in [-0.05, 0) is 86.0 Å². The second kappa shape index (κ2) is 10.5. The summed E-state index contributed by atoms with van der Waals surface area (Å²) in [5, 5.41) is 14.5. The fraction of sp³-hybridized carbons (Fsp3) is 0.621. The first-order valence-corrected chi connectivity index (χ1v) is 13.4. The van der Waals surface area contributed by atoms with Gasteiger partial charge in [0.05, 0.1) is 5.69 Å². The van der Waals surface area contributed by atoms with Gasteiger partial charge in [-0.25, -0.2) is 0 Å². The molecule has 2 saturated carbocycles. The highest BCUT2D eigenvalue weighted by Gasteiger charge is 2.42. The van der Waals surface area contributed by atoms with E-state index >= 15 is 0 Å². The van der Waals surface area contributed by atoms with Gasteiger partial charge in [0.1, 0.15) is 11.5 Å². The summed E-state index contributed by atoms with van der Waals surface area (Å²) in [7, 11) is 0. The molecule has 0 spiro atoms. The number of ketones is 1. The third-order valence-corrected chi connectivity index (χ3v) is 7.77. The number of rotatable bonds is 11. The number of carbonyl (C=O) groups is 2. The monoisotopic (exact) mass is 499 g/mol. The van der Waals surface area contributed by atoms with Crippen molar-refractivity contribution in [3.8, 4) is 0 Å². The molecule has 2 aromatic rings. The molecule has 0 aliphatic heterocycles. The molecule has 6 heteroatoms. The molecule has 0 radical (unpaired) electrons. The second-order valence-corrected chi connectivity index (χ2v) is 12.5. The van der Waals surface area contributed by atoms with Crippen LogP contribution < -0.4 is 0 Å². The van der Waals surface area contributed by atoms with E-state index in [1.54, 1.807) is 6.07 Å². The van der Waals surface area contributed by atoms with Crippen molar-refractivity contribution in [1.29, 1.82) is 0 Å². The first kappa shape index (κ1) is 25.9. The fourth-order valence-corrected chi connectivity index (χ4v) is 5.95. The molecule has 35 heavy (non-hydrogen) atoms. The third-order valence-electron chi connectivity index (χ3n) is 7.54. The van der Waals surface area contributed by atoms with E-state index < -0.39 is 5.97 Å². The number of aromatic nitrogens is 1. The summed E-state index contributed by atoms with van der Waals surface area (Å²) >= 11 is 6.07. The highest BCUT2D eigenvalue weighted by molar-refractivity contribution is 6.30. The lowest BCUT2D eigenvalue weighted by Crippen LogP contribution is -2.26.